The Bertz CT molecular complexity index is 1780. The topological polar surface area (TPSA) is 86.8 Å². The van der Waals surface area contributed by atoms with Gasteiger partial charge in [0, 0.05) is 24.6 Å². The minimum atomic E-state index is -4.30. The maximum atomic E-state index is 15.1. The van der Waals surface area contributed by atoms with Gasteiger partial charge in [-0.25, -0.2) is 12.8 Å². The van der Waals surface area contributed by atoms with Gasteiger partial charge in [0.2, 0.25) is 11.8 Å². The fourth-order valence-electron chi connectivity index (χ4n) is 5.91. The van der Waals surface area contributed by atoms with Crippen molar-refractivity contribution in [2.24, 2.45) is 0 Å². The monoisotopic (exact) mass is 675 g/mol. The van der Waals surface area contributed by atoms with Gasteiger partial charge >= 0.3 is 0 Å². The number of carbonyl (C=O) groups is 2. The average Bonchev–Trinajstić information content (AvgIpc) is 3.07. The number of nitrogens with zero attached hydrogens (tertiary/aromatic N) is 2. The molecule has 4 aromatic carbocycles. The molecule has 0 saturated heterocycles. The molecule has 1 saturated carbocycles. The van der Waals surface area contributed by atoms with E-state index in [1.807, 2.05) is 37.3 Å². The highest BCUT2D eigenvalue weighted by Gasteiger charge is 2.36. The zero-order chi connectivity index (χ0) is 33.4. The lowest BCUT2D eigenvalue weighted by Crippen LogP contribution is -2.55. The van der Waals surface area contributed by atoms with Gasteiger partial charge in [0.25, 0.3) is 10.0 Å². The zero-order valence-corrected chi connectivity index (χ0v) is 27.9. The van der Waals surface area contributed by atoms with Crippen LogP contribution in [0.25, 0.3) is 0 Å². The molecule has 0 heterocycles. The van der Waals surface area contributed by atoms with Crippen LogP contribution in [0.15, 0.2) is 108 Å². The van der Waals surface area contributed by atoms with Crippen molar-refractivity contribution >= 4 is 39.1 Å². The van der Waals surface area contributed by atoms with Crippen molar-refractivity contribution in [1.82, 2.24) is 10.2 Å². The van der Waals surface area contributed by atoms with Crippen molar-refractivity contribution in [3.8, 4) is 0 Å². The number of aryl methyl sites for hydroxylation is 1. The highest BCUT2D eigenvalue weighted by atomic mass is 35.5. The number of rotatable bonds is 12. The summed E-state index contributed by atoms with van der Waals surface area (Å²) < 4.78 is 44.5. The average molecular weight is 676 g/mol. The van der Waals surface area contributed by atoms with Gasteiger partial charge in [-0.1, -0.05) is 109 Å². The summed E-state index contributed by atoms with van der Waals surface area (Å²) in [5.74, 6) is -1.58. The Morgan fingerprint density at radius 2 is 1.51 bits per heavy atom. The highest BCUT2D eigenvalue weighted by molar-refractivity contribution is 7.92. The number of para-hydroxylation sites is 1. The molecule has 0 radical (unpaired) electrons. The van der Waals surface area contributed by atoms with Gasteiger partial charge in [-0.05, 0) is 55.7 Å². The molecule has 47 heavy (non-hydrogen) atoms. The summed E-state index contributed by atoms with van der Waals surface area (Å²) in [5, 5.41) is 3.28. The summed E-state index contributed by atoms with van der Waals surface area (Å²) in [6, 6.07) is 26.9. The van der Waals surface area contributed by atoms with E-state index in [1.165, 1.54) is 29.2 Å². The molecule has 4 aromatic rings. The third-order valence-corrected chi connectivity index (χ3v) is 10.6. The maximum Gasteiger partial charge on any atom is 0.264 e. The highest BCUT2D eigenvalue weighted by Crippen LogP contribution is 2.31. The molecule has 1 unspecified atom stereocenters. The van der Waals surface area contributed by atoms with Crippen LogP contribution in [0.5, 0.6) is 0 Å². The lowest BCUT2D eigenvalue weighted by molar-refractivity contribution is -0.140. The van der Waals surface area contributed by atoms with Crippen molar-refractivity contribution in [3.05, 3.63) is 131 Å². The lowest BCUT2D eigenvalue weighted by Gasteiger charge is -2.35. The summed E-state index contributed by atoms with van der Waals surface area (Å²) in [5.41, 5.74) is 1.99. The summed E-state index contributed by atoms with van der Waals surface area (Å²) in [4.78, 5) is 30.0. The van der Waals surface area contributed by atoms with Gasteiger partial charge in [-0.15, -0.1) is 0 Å². The van der Waals surface area contributed by atoms with Gasteiger partial charge < -0.3 is 10.2 Å². The fraction of sp³-hybridized carbons (Fsp3) is 0.297. The smallest absolute Gasteiger partial charge is 0.264 e. The van der Waals surface area contributed by atoms with Crippen LogP contribution >= 0.6 is 11.6 Å². The van der Waals surface area contributed by atoms with Gasteiger partial charge in [0.1, 0.15) is 18.4 Å². The Hall–Kier alpha value is -4.21. The van der Waals surface area contributed by atoms with Crippen molar-refractivity contribution < 1.29 is 22.4 Å². The van der Waals surface area contributed by atoms with Crippen LogP contribution in [0.2, 0.25) is 5.02 Å². The first-order chi connectivity index (χ1) is 22.6. The molecule has 1 atom stereocenters. The molecular weight excluding hydrogens is 637 g/mol. The van der Waals surface area contributed by atoms with Crippen LogP contribution in [0.3, 0.4) is 0 Å². The second-order valence-corrected chi connectivity index (χ2v) is 14.2. The van der Waals surface area contributed by atoms with Crippen LogP contribution < -0.4 is 9.62 Å². The van der Waals surface area contributed by atoms with Crippen LogP contribution in [-0.4, -0.2) is 43.8 Å². The first kappa shape index (κ1) is 34.1. The van der Waals surface area contributed by atoms with Crippen LogP contribution in [0.4, 0.5) is 10.1 Å². The number of carbonyl (C=O) groups excluding carboxylic acids is 2. The third kappa shape index (κ3) is 8.58. The molecule has 2 amide bonds. The number of amides is 2. The van der Waals surface area contributed by atoms with Crippen LogP contribution in [0.1, 0.15) is 48.8 Å². The SMILES string of the molecule is Cc1ccc(S(=O)(=O)N(CC(=O)N(Cc2ccccc2F)C(Cc2ccccc2)C(=O)NC2CCCCC2)c2ccccc2Cl)cc1. The molecule has 0 aromatic heterocycles. The summed E-state index contributed by atoms with van der Waals surface area (Å²) >= 11 is 6.54. The van der Waals surface area contributed by atoms with E-state index < -0.39 is 34.3 Å². The quantitative estimate of drug-likeness (QED) is 0.174. The normalized spacial score (nSPS) is 14.3. The van der Waals surface area contributed by atoms with Crippen molar-refractivity contribution in [3.63, 3.8) is 0 Å². The van der Waals surface area contributed by atoms with E-state index in [0.29, 0.717) is 0 Å². The van der Waals surface area contributed by atoms with E-state index in [4.69, 9.17) is 11.6 Å². The van der Waals surface area contributed by atoms with Gasteiger partial charge in [0.05, 0.1) is 15.6 Å². The zero-order valence-electron chi connectivity index (χ0n) is 26.3. The van der Waals surface area contributed by atoms with Crippen molar-refractivity contribution in [1.29, 1.82) is 0 Å². The Morgan fingerprint density at radius 3 is 2.19 bits per heavy atom. The summed E-state index contributed by atoms with van der Waals surface area (Å²) in [7, 11) is -4.30. The van der Waals surface area contributed by atoms with E-state index in [9.17, 15) is 18.0 Å². The molecule has 1 aliphatic rings. The van der Waals surface area contributed by atoms with Crippen LogP contribution in [-0.2, 0) is 32.6 Å². The van der Waals surface area contributed by atoms with E-state index in [2.05, 4.69) is 5.32 Å². The first-order valence-corrected chi connectivity index (χ1v) is 17.7. The van der Waals surface area contributed by atoms with Crippen molar-refractivity contribution in [2.45, 2.75) is 69.0 Å². The molecule has 0 bridgehead atoms. The molecule has 7 nitrogen and oxygen atoms in total. The van der Waals surface area contributed by atoms with Gasteiger partial charge in [-0.2, -0.15) is 0 Å². The second-order valence-electron chi connectivity index (χ2n) is 11.9. The number of anilines is 1. The van der Waals surface area contributed by atoms with E-state index in [0.717, 1.165) is 47.5 Å². The van der Waals surface area contributed by atoms with Crippen LogP contribution in [0, 0.1) is 12.7 Å². The standard InChI is InChI=1S/C37H39ClFN3O4S/c1-27-20-22-31(23-21-27)47(45,46)42(34-19-11-9-17-32(34)38)26-36(43)41(25-29-14-8-10-18-33(29)39)35(24-28-12-4-2-5-13-28)37(44)40-30-15-6-3-7-16-30/h2,4-5,8-14,17-23,30,35H,3,6-7,15-16,24-26H2,1H3,(H,40,44). The third-order valence-electron chi connectivity index (χ3n) is 8.53. The second kappa shape index (κ2) is 15.6. The largest absolute Gasteiger partial charge is 0.352 e. The van der Waals surface area contributed by atoms with Gasteiger partial charge in [0.15, 0.2) is 0 Å². The van der Waals surface area contributed by atoms with E-state index >= 15 is 4.39 Å². The number of benzene rings is 4. The van der Waals surface area contributed by atoms with Crippen molar-refractivity contribution in [2.75, 3.05) is 10.8 Å². The minimum absolute atomic E-state index is 0.0210. The predicted molar refractivity (Wildman–Crippen MR) is 183 cm³/mol. The minimum Gasteiger partial charge on any atom is -0.352 e. The Morgan fingerprint density at radius 1 is 0.872 bits per heavy atom. The molecule has 5 rings (SSSR count). The Balaban J connectivity index is 1.58. The molecule has 1 fully saturated rings. The number of halogens is 2. The predicted octanol–water partition coefficient (Wildman–Crippen LogP) is 7.07. The summed E-state index contributed by atoms with van der Waals surface area (Å²) in [6.07, 6.45) is 4.91. The molecule has 0 aliphatic heterocycles. The number of sulfonamides is 1. The van der Waals surface area contributed by atoms with E-state index in [1.54, 1.807) is 48.5 Å². The molecule has 0 spiro atoms. The molecular formula is C37H39ClFN3O4S. The Labute approximate surface area is 281 Å². The van der Waals surface area contributed by atoms with E-state index in [-0.39, 0.29) is 46.1 Å². The lowest BCUT2D eigenvalue weighted by atomic mass is 9.94. The maximum absolute atomic E-state index is 15.1. The molecule has 246 valence electrons. The summed E-state index contributed by atoms with van der Waals surface area (Å²) in [6.45, 7) is 0.927. The van der Waals surface area contributed by atoms with Gasteiger partial charge in [-0.3, -0.25) is 13.9 Å². The number of hydrogen-bond donors (Lipinski definition) is 1. The first-order valence-electron chi connectivity index (χ1n) is 15.8. The molecule has 10 heteroatoms. The number of hydrogen-bond acceptors (Lipinski definition) is 4. The molecule has 1 aliphatic carbocycles. The number of nitrogens with one attached hydrogen (secondary N) is 1. The Kier molecular flexibility index (Phi) is 11.3. The fourth-order valence-corrected chi connectivity index (χ4v) is 7.63. The molecule has 1 N–H and O–H groups in total.